The summed E-state index contributed by atoms with van der Waals surface area (Å²) in [5, 5.41) is 6.68. The maximum absolute atomic E-state index is 4.20. The third kappa shape index (κ3) is 1.98. The third-order valence-corrected chi connectivity index (χ3v) is 3.33. The fourth-order valence-corrected chi connectivity index (χ4v) is 2.35. The molecule has 3 heteroatoms. The molecule has 0 amide bonds. The lowest BCUT2D eigenvalue weighted by Crippen LogP contribution is -1.84. The van der Waals surface area contributed by atoms with Gasteiger partial charge in [0.2, 0.25) is 0 Å². The van der Waals surface area contributed by atoms with E-state index in [0.29, 0.717) is 0 Å². The average molecular weight is 287 g/mol. The van der Waals surface area contributed by atoms with Crippen LogP contribution in [0.1, 0.15) is 0 Å². The van der Waals surface area contributed by atoms with Gasteiger partial charge in [-0.25, -0.2) is 0 Å². The molecule has 0 bridgehead atoms. The normalized spacial score (nSPS) is 10.9. The van der Waals surface area contributed by atoms with E-state index in [1.807, 2.05) is 24.1 Å². The summed E-state index contributed by atoms with van der Waals surface area (Å²) in [4.78, 5) is 0. The molecule has 2 aromatic carbocycles. The summed E-state index contributed by atoms with van der Waals surface area (Å²) in [5.74, 6) is 0. The molecule has 0 fully saturated rings. The molecule has 17 heavy (non-hydrogen) atoms. The topological polar surface area (TPSA) is 17.8 Å². The van der Waals surface area contributed by atoms with Gasteiger partial charge in [-0.05, 0) is 34.5 Å². The molecule has 1 heterocycles. The third-order valence-electron chi connectivity index (χ3n) is 2.84. The molecular formula is C14H11BrN2. The lowest BCUT2D eigenvalue weighted by atomic mass is 10.0. The van der Waals surface area contributed by atoms with Crippen LogP contribution in [-0.2, 0) is 7.05 Å². The van der Waals surface area contributed by atoms with Gasteiger partial charge in [-0.2, -0.15) is 5.10 Å². The maximum atomic E-state index is 4.20. The molecular weight excluding hydrogens is 276 g/mol. The standard InChI is InChI=1S/C14H11BrN2/c1-17-9-13(8-16-17)11-2-3-12-7-14(15)5-4-10(12)6-11/h2-9H,1H3. The van der Waals surface area contributed by atoms with Crippen molar-refractivity contribution in [2.24, 2.45) is 7.05 Å². The molecule has 2 nitrogen and oxygen atoms in total. The van der Waals surface area contributed by atoms with E-state index in [9.17, 15) is 0 Å². The van der Waals surface area contributed by atoms with Crippen LogP contribution in [0.5, 0.6) is 0 Å². The molecule has 0 aliphatic rings. The number of rotatable bonds is 1. The molecule has 0 saturated heterocycles. The zero-order chi connectivity index (χ0) is 11.8. The zero-order valence-electron chi connectivity index (χ0n) is 9.39. The first-order valence-corrected chi connectivity index (χ1v) is 6.20. The molecule has 0 spiro atoms. The van der Waals surface area contributed by atoms with Crippen molar-refractivity contribution >= 4 is 26.7 Å². The predicted molar refractivity (Wildman–Crippen MR) is 73.9 cm³/mol. The van der Waals surface area contributed by atoms with Gasteiger partial charge in [0.15, 0.2) is 0 Å². The van der Waals surface area contributed by atoms with Crippen molar-refractivity contribution in [3.8, 4) is 11.1 Å². The fraction of sp³-hybridized carbons (Fsp3) is 0.0714. The van der Waals surface area contributed by atoms with Gasteiger partial charge in [-0.15, -0.1) is 0 Å². The monoisotopic (exact) mass is 286 g/mol. The maximum Gasteiger partial charge on any atom is 0.0568 e. The van der Waals surface area contributed by atoms with E-state index in [0.717, 1.165) is 10.0 Å². The van der Waals surface area contributed by atoms with Crippen molar-refractivity contribution in [2.45, 2.75) is 0 Å². The van der Waals surface area contributed by atoms with Gasteiger partial charge in [-0.1, -0.05) is 34.1 Å². The Bertz CT molecular complexity index is 686. The number of nitrogens with zero attached hydrogens (tertiary/aromatic N) is 2. The molecule has 3 rings (SSSR count). The Morgan fingerprint density at radius 1 is 1.00 bits per heavy atom. The van der Waals surface area contributed by atoms with Crippen LogP contribution >= 0.6 is 15.9 Å². The van der Waals surface area contributed by atoms with Crippen LogP contribution in [0.25, 0.3) is 21.9 Å². The minimum atomic E-state index is 1.11. The van der Waals surface area contributed by atoms with Crippen molar-refractivity contribution in [3.63, 3.8) is 0 Å². The predicted octanol–water partition coefficient (Wildman–Crippen LogP) is 4.00. The van der Waals surface area contributed by atoms with E-state index in [-0.39, 0.29) is 0 Å². The van der Waals surface area contributed by atoms with Crippen molar-refractivity contribution < 1.29 is 0 Å². The van der Waals surface area contributed by atoms with E-state index >= 15 is 0 Å². The highest BCUT2D eigenvalue weighted by molar-refractivity contribution is 9.10. The summed E-state index contributed by atoms with van der Waals surface area (Å²) >= 11 is 3.49. The highest BCUT2D eigenvalue weighted by Crippen LogP contribution is 2.25. The van der Waals surface area contributed by atoms with E-state index in [1.54, 1.807) is 0 Å². The number of hydrogen-bond acceptors (Lipinski definition) is 1. The first-order valence-electron chi connectivity index (χ1n) is 5.41. The van der Waals surface area contributed by atoms with Crippen LogP contribution in [0, 0.1) is 0 Å². The Morgan fingerprint density at radius 3 is 2.53 bits per heavy atom. The highest BCUT2D eigenvalue weighted by atomic mass is 79.9. The number of hydrogen-bond donors (Lipinski definition) is 0. The lowest BCUT2D eigenvalue weighted by molar-refractivity contribution is 0.768. The largest absolute Gasteiger partial charge is 0.275 e. The quantitative estimate of drug-likeness (QED) is 0.661. The summed E-state index contributed by atoms with van der Waals surface area (Å²) in [6, 6.07) is 12.8. The first kappa shape index (κ1) is 10.5. The fourth-order valence-electron chi connectivity index (χ4n) is 1.97. The van der Waals surface area contributed by atoms with Gasteiger partial charge in [0, 0.05) is 23.3 Å². The second kappa shape index (κ2) is 4.00. The van der Waals surface area contributed by atoms with E-state index < -0.39 is 0 Å². The minimum Gasteiger partial charge on any atom is -0.275 e. The number of aryl methyl sites for hydroxylation is 1. The number of benzene rings is 2. The Morgan fingerprint density at radius 2 is 1.76 bits per heavy atom. The van der Waals surface area contributed by atoms with Crippen LogP contribution in [0.4, 0.5) is 0 Å². The van der Waals surface area contributed by atoms with E-state index in [2.05, 4.69) is 57.4 Å². The van der Waals surface area contributed by atoms with Crippen LogP contribution in [0.15, 0.2) is 53.3 Å². The van der Waals surface area contributed by atoms with Gasteiger partial charge in [0.1, 0.15) is 0 Å². The van der Waals surface area contributed by atoms with E-state index in [1.165, 1.54) is 16.3 Å². The average Bonchev–Trinajstić information content (AvgIpc) is 2.75. The molecule has 1 aromatic heterocycles. The van der Waals surface area contributed by atoms with Crippen LogP contribution in [0.3, 0.4) is 0 Å². The van der Waals surface area contributed by atoms with Crippen LogP contribution in [-0.4, -0.2) is 9.78 Å². The molecule has 0 N–H and O–H groups in total. The summed E-state index contributed by atoms with van der Waals surface area (Å²) in [6.07, 6.45) is 3.92. The molecule has 0 aliphatic heterocycles. The van der Waals surface area contributed by atoms with Crippen molar-refractivity contribution in [1.29, 1.82) is 0 Å². The Balaban J connectivity index is 2.16. The first-order chi connectivity index (χ1) is 8.22. The van der Waals surface area contributed by atoms with Crippen molar-refractivity contribution in [2.75, 3.05) is 0 Å². The molecule has 0 aliphatic carbocycles. The number of fused-ring (bicyclic) bond motifs is 1. The molecule has 0 radical (unpaired) electrons. The molecule has 3 aromatic rings. The highest BCUT2D eigenvalue weighted by Gasteiger charge is 2.02. The smallest absolute Gasteiger partial charge is 0.0568 e. The molecule has 0 saturated carbocycles. The van der Waals surface area contributed by atoms with Crippen LogP contribution < -0.4 is 0 Å². The lowest BCUT2D eigenvalue weighted by Gasteiger charge is -2.02. The Labute approximate surface area is 108 Å². The summed E-state index contributed by atoms with van der Waals surface area (Å²) < 4.78 is 2.93. The second-order valence-corrected chi connectivity index (χ2v) is 5.02. The van der Waals surface area contributed by atoms with Gasteiger partial charge < -0.3 is 0 Å². The summed E-state index contributed by atoms with van der Waals surface area (Å²) in [6.45, 7) is 0. The van der Waals surface area contributed by atoms with Gasteiger partial charge in [-0.3, -0.25) is 4.68 Å². The zero-order valence-corrected chi connectivity index (χ0v) is 11.0. The second-order valence-electron chi connectivity index (χ2n) is 4.11. The summed E-state index contributed by atoms with van der Waals surface area (Å²) in [7, 11) is 1.93. The SMILES string of the molecule is Cn1cc(-c2ccc3cc(Br)ccc3c2)cn1. The van der Waals surface area contributed by atoms with E-state index in [4.69, 9.17) is 0 Å². The molecule has 0 atom stereocenters. The molecule has 0 unspecified atom stereocenters. The van der Waals surface area contributed by atoms with Gasteiger partial charge in [0.25, 0.3) is 0 Å². The van der Waals surface area contributed by atoms with Crippen molar-refractivity contribution in [1.82, 2.24) is 9.78 Å². The summed E-state index contributed by atoms with van der Waals surface area (Å²) in [5.41, 5.74) is 2.35. The number of halogens is 1. The van der Waals surface area contributed by atoms with Crippen molar-refractivity contribution in [3.05, 3.63) is 53.3 Å². The Hall–Kier alpha value is -1.61. The van der Waals surface area contributed by atoms with Gasteiger partial charge in [0.05, 0.1) is 6.20 Å². The molecule has 84 valence electrons. The number of aromatic nitrogens is 2. The Kier molecular flexibility index (Phi) is 2.48. The van der Waals surface area contributed by atoms with Gasteiger partial charge >= 0.3 is 0 Å². The van der Waals surface area contributed by atoms with Crippen LogP contribution in [0.2, 0.25) is 0 Å². The minimum absolute atomic E-state index is 1.11.